The molecule has 1 aliphatic rings. The van der Waals surface area contributed by atoms with E-state index >= 15 is 0 Å². The number of nitrogens with zero attached hydrogens (tertiary/aromatic N) is 2. The number of aryl methyl sites for hydroxylation is 2. The van der Waals surface area contributed by atoms with Crippen LogP contribution in [0, 0.1) is 6.92 Å². The van der Waals surface area contributed by atoms with Crippen LogP contribution in [0.3, 0.4) is 0 Å². The Bertz CT molecular complexity index is 601. The van der Waals surface area contributed by atoms with Crippen molar-refractivity contribution >= 4 is 17.4 Å². The summed E-state index contributed by atoms with van der Waals surface area (Å²) in [5.74, 6) is 1.13. The molecule has 3 nitrogen and oxygen atoms in total. The molecular weight excluding hydrogens is 246 g/mol. The Balaban J connectivity index is 2.14. The highest BCUT2D eigenvalue weighted by atomic mass is 35.5. The first-order valence-corrected chi connectivity index (χ1v) is 6.69. The molecule has 2 heterocycles. The lowest BCUT2D eigenvalue weighted by atomic mass is 10.2. The minimum atomic E-state index is 0.785. The third-order valence-corrected chi connectivity index (χ3v) is 3.88. The van der Waals surface area contributed by atoms with Crippen LogP contribution in [0.5, 0.6) is 0 Å². The second-order valence-electron chi connectivity index (χ2n) is 4.65. The highest BCUT2D eigenvalue weighted by Gasteiger charge is 2.21. The largest absolute Gasteiger partial charge is 0.369 e. The molecule has 4 heteroatoms. The van der Waals surface area contributed by atoms with Gasteiger partial charge in [-0.05, 0) is 37.5 Å². The molecular formula is C14H16ClN3. The van der Waals surface area contributed by atoms with Gasteiger partial charge >= 0.3 is 0 Å². The van der Waals surface area contributed by atoms with E-state index in [1.165, 1.54) is 11.3 Å². The molecule has 2 aromatic rings. The highest BCUT2D eigenvalue weighted by Crippen LogP contribution is 2.30. The summed E-state index contributed by atoms with van der Waals surface area (Å²) in [6, 6.07) is 6.07. The lowest BCUT2D eigenvalue weighted by Gasteiger charge is -2.08. The van der Waals surface area contributed by atoms with E-state index in [-0.39, 0.29) is 0 Å². The number of benzene rings is 1. The summed E-state index contributed by atoms with van der Waals surface area (Å²) in [6.45, 7) is 5.16. The summed E-state index contributed by atoms with van der Waals surface area (Å²) >= 11 is 6.19. The van der Waals surface area contributed by atoms with Crippen molar-refractivity contribution in [1.29, 1.82) is 0 Å². The normalized spacial score (nSPS) is 13.5. The second kappa shape index (κ2) is 4.32. The zero-order valence-corrected chi connectivity index (χ0v) is 11.4. The molecule has 18 heavy (non-hydrogen) atoms. The molecule has 1 aromatic heterocycles. The molecule has 0 aliphatic carbocycles. The number of hydrogen-bond acceptors (Lipinski definition) is 2. The Morgan fingerprint density at radius 2 is 2.28 bits per heavy atom. The molecule has 3 rings (SSSR count). The Kier molecular flexibility index (Phi) is 2.78. The summed E-state index contributed by atoms with van der Waals surface area (Å²) in [4.78, 5) is 0. The maximum atomic E-state index is 6.19. The maximum absolute atomic E-state index is 6.19. The number of rotatable bonds is 2. The van der Waals surface area contributed by atoms with Gasteiger partial charge in [0, 0.05) is 17.1 Å². The van der Waals surface area contributed by atoms with Gasteiger partial charge in [-0.15, -0.1) is 0 Å². The summed E-state index contributed by atoms with van der Waals surface area (Å²) in [5.41, 5.74) is 4.66. The number of anilines is 1. The highest BCUT2D eigenvalue weighted by molar-refractivity contribution is 6.31. The van der Waals surface area contributed by atoms with Gasteiger partial charge in [-0.3, -0.25) is 0 Å². The van der Waals surface area contributed by atoms with E-state index in [4.69, 9.17) is 11.6 Å². The van der Waals surface area contributed by atoms with Crippen LogP contribution in [-0.2, 0) is 12.8 Å². The minimum Gasteiger partial charge on any atom is -0.369 e. The topological polar surface area (TPSA) is 29.9 Å². The molecule has 0 unspecified atom stereocenters. The quantitative estimate of drug-likeness (QED) is 0.898. The Morgan fingerprint density at radius 3 is 3.00 bits per heavy atom. The fourth-order valence-electron chi connectivity index (χ4n) is 2.43. The second-order valence-corrected chi connectivity index (χ2v) is 5.06. The molecule has 0 fully saturated rings. The standard InChI is InChI=1S/C14H16ClN3/c1-3-13-11-6-7-16-14(11)18(17-13)10-5-4-9(2)12(15)8-10/h4-5,8,16H,3,6-7H2,1-2H3. The zero-order chi connectivity index (χ0) is 12.7. The van der Waals surface area contributed by atoms with Gasteiger partial charge in [0.25, 0.3) is 0 Å². The molecule has 0 saturated carbocycles. The van der Waals surface area contributed by atoms with Gasteiger partial charge in [-0.1, -0.05) is 24.6 Å². The van der Waals surface area contributed by atoms with Crippen molar-refractivity contribution in [2.75, 3.05) is 11.9 Å². The molecule has 0 spiro atoms. The van der Waals surface area contributed by atoms with Crippen molar-refractivity contribution in [3.63, 3.8) is 0 Å². The number of nitrogens with one attached hydrogen (secondary N) is 1. The maximum Gasteiger partial charge on any atom is 0.133 e. The fraction of sp³-hybridized carbons (Fsp3) is 0.357. The van der Waals surface area contributed by atoms with Crippen LogP contribution in [-0.4, -0.2) is 16.3 Å². The molecule has 94 valence electrons. The summed E-state index contributed by atoms with van der Waals surface area (Å²) in [7, 11) is 0. The predicted octanol–water partition coefficient (Wildman–Crippen LogP) is 3.36. The molecule has 0 amide bonds. The van der Waals surface area contributed by atoms with Crippen LogP contribution < -0.4 is 5.32 Å². The third kappa shape index (κ3) is 1.70. The van der Waals surface area contributed by atoms with Gasteiger partial charge in [0.05, 0.1) is 11.4 Å². The SMILES string of the molecule is CCc1nn(-c2ccc(C)c(Cl)c2)c2c1CCN2. The van der Waals surface area contributed by atoms with Gasteiger partial charge in [0.1, 0.15) is 5.82 Å². The molecule has 0 radical (unpaired) electrons. The fourth-order valence-corrected chi connectivity index (χ4v) is 2.60. The van der Waals surface area contributed by atoms with Crippen molar-refractivity contribution in [1.82, 2.24) is 9.78 Å². The number of hydrogen-bond donors (Lipinski definition) is 1. The van der Waals surface area contributed by atoms with Gasteiger partial charge < -0.3 is 5.32 Å². The van der Waals surface area contributed by atoms with E-state index in [2.05, 4.69) is 23.4 Å². The van der Waals surface area contributed by atoms with E-state index in [1.807, 2.05) is 23.7 Å². The van der Waals surface area contributed by atoms with Crippen LogP contribution in [0.15, 0.2) is 18.2 Å². The first-order chi connectivity index (χ1) is 8.70. The molecule has 0 atom stereocenters. The first kappa shape index (κ1) is 11.6. The van der Waals surface area contributed by atoms with Gasteiger partial charge in [-0.2, -0.15) is 5.10 Å². The van der Waals surface area contributed by atoms with Gasteiger partial charge in [-0.25, -0.2) is 4.68 Å². The van der Waals surface area contributed by atoms with E-state index in [1.54, 1.807) is 0 Å². The number of fused-ring (bicyclic) bond motifs is 1. The van der Waals surface area contributed by atoms with Gasteiger partial charge in [0.15, 0.2) is 0 Å². The van der Waals surface area contributed by atoms with E-state index in [9.17, 15) is 0 Å². The Morgan fingerprint density at radius 1 is 1.44 bits per heavy atom. The average molecular weight is 262 g/mol. The number of aromatic nitrogens is 2. The van der Waals surface area contributed by atoms with E-state index in [0.717, 1.165) is 41.5 Å². The molecule has 1 aromatic carbocycles. The predicted molar refractivity (Wildman–Crippen MR) is 74.9 cm³/mol. The van der Waals surface area contributed by atoms with Crippen molar-refractivity contribution in [3.05, 3.63) is 40.0 Å². The van der Waals surface area contributed by atoms with E-state index < -0.39 is 0 Å². The lowest BCUT2D eigenvalue weighted by molar-refractivity contribution is 0.832. The van der Waals surface area contributed by atoms with Crippen molar-refractivity contribution in [3.8, 4) is 5.69 Å². The molecule has 1 N–H and O–H groups in total. The van der Waals surface area contributed by atoms with E-state index in [0.29, 0.717) is 0 Å². The van der Waals surface area contributed by atoms with Crippen LogP contribution in [0.1, 0.15) is 23.7 Å². The van der Waals surface area contributed by atoms with Crippen LogP contribution in [0.25, 0.3) is 5.69 Å². The summed E-state index contributed by atoms with van der Waals surface area (Å²) in [6.07, 6.45) is 2.04. The Hall–Kier alpha value is -1.48. The Labute approximate surface area is 112 Å². The minimum absolute atomic E-state index is 0.785. The van der Waals surface area contributed by atoms with Crippen LogP contribution in [0.4, 0.5) is 5.82 Å². The summed E-state index contributed by atoms with van der Waals surface area (Å²) < 4.78 is 1.98. The van der Waals surface area contributed by atoms with Gasteiger partial charge in [0.2, 0.25) is 0 Å². The third-order valence-electron chi connectivity index (χ3n) is 3.47. The average Bonchev–Trinajstić information content (AvgIpc) is 2.94. The lowest BCUT2D eigenvalue weighted by Crippen LogP contribution is -2.04. The smallest absolute Gasteiger partial charge is 0.133 e. The molecule has 0 saturated heterocycles. The molecule has 1 aliphatic heterocycles. The van der Waals surface area contributed by atoms with Crippen molar-refractivity contribution < 1.29 is 0 Å². The van der Waals surface area contributed by atoms with Crippen molar-refractivity contribution in [2.24, 2.45) is 0 Å². The molecule has 0 bridgehead atoms. The monoisotopic (exact) mass is 261 g/mol. The number of halogens is 1. The van der Waals surface area contributed by atoms with Crippen LogP contribution in [0.2, 0.25) is 5.02 Å². The summed E-state index contributed by atoms with van der Waals surface area (Å²) in [5, 5.41) is 8.89. The first-order valence-electron chi connectivity index (χ1n) is 6.32. The zero-order valence-electron chi connectivity index (χ0n) is 10.6. The van der Waals surface area contributed by atoms with Crippen molar-refractivity contribution in [2.45, 2.75) is 26.7 Å². The van der Waals surface area contributed by atoms with Crippen LogP contribution >= 0.6 is 11.6 Å².